The van der Waals surface area contributed by atoms with Crippen molar-refractivity contribution in [3.8, 4) is 11.5 Å². The molecular formula is C16H13BrN4O3S. The van der Waals surface area contributed by atoms with Gasteiger partial charge >= 0.3 is 0 Å². The van der Waals surface area contributed by atoms with Gasteiger partial charge in [0, 0.05) is 15.6 Å². The molecule has 4 N–H and O–H groups in total. The maximum atomic E-state index is 12.2. The van der Waals surface area contributed by atoms with E-state index >= 15 is 0 Å². The average molecular weight is 421 g/mol. The number of benzene rings is 2. The van der Waals surface area contributed by atoms with E-state index in [1.165, 1.54) is 13.3 Å². The summed E-state index contributed by atoms with van der Waals surface area (Å²) in [6.07, 6.45) is 1.34. The lowest BCUT2D eigenvalue weighted by Gasteiger charge is -2.06. The van der Waals surface area contributed by atoms with Crippen LogP contribution in [-0.2, 0) is 0 Å². The Morgan fingerprint density at radius 1 is 1.32 bits per heavy atom. The highest BCUT2D eigenvalue weighted by Crippen LogP contribution is 2.32. The fraction of sp³-hybridized carbons (Fsp3) is 0.0625. The second kappa shape index (κ2) is 7.08. The van der Waals surface area contributed by atoms with Crippen molar-refractivity contribution in [1.82, 2.24) is 15.4 Å². The molecule has 0 aliphatic carbocycles. The van der Waals surface area contributed by atoms with Gasteiger partial charge in [0.2, 0.25) is 0 Å². The van der Waals surface area contributed by atoms with Crippen LogP contribution in [0.2, 0.25) is 0 Å². The number of aromatic amines is 2. The highest BCUT2D eigenvalue weighted by atomic mass is 79.9. The van der Waals surface area contributed by atoms with E-state index in [1.54, 1.807) is 30.3 Å². The number of nitrogens with one attached hydrogen (secondary N) is 3. The van der Waals surface area contributed by atoms with Crippen LogP contribution in [0.15, 0.2) is 39.9 Å². The van der Waals surface area contributed by atoms with Gasteiger partial charge in [0.05, 0.1) is 24.4 Å². The van der Waals surface area contributed by atoms with E-state index in [9.17, 15) is 9.90 Å². The van der Waals surface area contributed by atoms with Gasteiger partial charge in [-0.05, 0) is 42.5 Å². The predicted octanol–water partition coefficient (Wildman–Crippen LogP) is 3.47. The standard InChI is InChI=1S/C16H13BrN4O3S/c1-24-13-6-10(17)4-9(14(13)22)7-18-21-15(23)8-2-3-11-12(5-8)20-16(25)19-11/h2-7,22H,1H3,(H,21,23)(H2,19,20,25)/b18-7-. The molecule has 3 aromatic rings. The molecule has 0 saturated heterocycles. The first-order chi connectivity index (χ1) is 12.0. The molecule has 0 fully saturated rings. The van der Waals surface area contributed by atoms with Crippen molar-refractivity contribution < 1.29 is 14.6 Å². The third-order valence-corrected chi connectivity index (χ3v) is 4.10. The number of phenols is 1. The average Bonchev–Trinajstić information content (AvgIpc) is 2.96. The number of nitrogens with zero attached hydrogens (tertiary/aromatic N) is 1. The summed E-state index contributed by atoms with van der Waals surface area (Å²) in [5, 5.41) is 13.9. The third kappa shape index (κ3) is 3.72. The monoisotopic (exact) mass is 420 g/mol. The maximum Gasteiger partial charge on any atom is 0.271 e. The molecule has 1 amide bonds. The third-order valence-electron chi connectivity index (χ3n) is 3.44. The Morgan fingerprint density at radius 3 is 2.84 bits per heavy atom. The lowest BCUT2D eigenvalue weighted by Crippen LogP contribution is -2.17. The number of carbonyl (C=O) groups excluding carboxylic acids is 1. The normalized spacial score (nSPS) is 11.1. The van der Waals surface area contributed by atoms with Gasteiger partial charge in [0.15, 0.2) is 16.3 Å². The number of carbonyl (C=O) groups is 1. The van der Waals surface area contributed by atoms with Crippen LogP contribution in [0.1, 0.15) is 15.9 Å². The number of hydrazone groups is 1. The largest absolute Gasteiger partial charge is 0.504 e. The van der Waals surface area contributed by atoms with Crippen molar-refractivity contribution in [2.24, 2.45) is 5.10 Å². The van der Waals surface area contributed by atoms with Crippen LogP contribution in [-0.4, -0.2) is 34.3 Å². The van der Waals surface area contributed by atoms with Crippen molar-refractivity contribution in [3.63, 3.8) is 0 Å². The van der Waals surface area contributed by atoms with E-state index in [0.29, 0.717) is 26.1 Å². The number of fused-ring (bicyclic) bond motifs is 1. The summed E-state index contributed by atoms with van der Waals surface area (Å²) in [6, 6.07) is 8.37. The zero-order chi connectivity index (χ0) is 18.0. The number of aromatic hydroxyl groups is 1. The number of hydrogen-bond acceptors (Lipinski definition) is 5. The summed E-state index contributed by atoms with van der Waals surface area (Å²) in [6.45, 7) is 0. The van der Waals surface area contributed by atoms with Gasteiger partial charge in [-0.2, -0.15) is 5.10 Å². The Kier molecular flexibility index (Phi) is 4.86. The molecular weight excluding hydrogens is 408 g/mol. The van der Waals surface area contributed by atoms with Gasteiger partial charge in [-0.15, -0.1) is 0 Å². The van der Waals surface area contributed by atoms with Crippen molar-refractivity contribution >= 4 is 51.3 Å². The van der Waals surface area contributed by atoms with Crippen molar-refractivity contribution in [2.45, 2.75) is 0 Å². The number of halogens is 1. The lowest BCUT2D eigenvalue weighted by atomic mass is 10.2. The molecule has 25 heavy (non-hydrogen) atoms. The number of methoxy groups -OCH3 is 1. The van der Waals surface area contributed by atoms with Crippen LogP contribution in [0, 0.1) is 4.77 Å². The Hall–Kier alpha value is -2.65. The Balaban J connectivity index is 1.78. The number of ether oxygens (including phenoxy) is 1. The number of H-pyrrole nitrogens is 2. The smallest absolute Gasteiger partial charge is 0.271 e. The quantitative estimate of drug-likeness (QED) is 0.294. The molecule has 9 heteroatoms. The minimum Gasteiger partial charge on any atom is -0.504 e. The van der Waals surface area contributed by atoms with E-state index < -0.39 is 0 Å². The number of imidazole rings is 1. The SMILES string of the molecule is COc1cc(Br)cc(/C=N\NC(=O)c2ccc3[nH]c(=S)[nH]c3c2)c1O. The number of rotatable bonds is 4. The van der Waals surface area contributed by atoms with E-state index in [4.69, 9.17) is 17.0 Å². The molecule has 7 nitrogen and oxygen atoms in total. The van der Waals surface area contributed by atoms with Gasteiger partial charge in [-0.1, -0.05) is 15.9 Å². The Bertz CT molecular complexity index is 1040. The molecule has 2 aromatic carbocycles. The van der Waals surface area contributed by atoms with Crippen LogP contribution in [0.5, 0.6) is 11.5 Å². The number of phenolic OH excluding ortho intramolecular Hbond substituents is 1. The maximum absolute atomic E-state index is 12.2. The van der Waals surface area contributed by atoms with Gasteiger partial charge < -0.3 is 19.8 Å². The molecule has 3 rings (SSSR count). The van der Waals surface area contributed by atoms with Crippen molar-refractivity contribution in [1.29, 1.82) is 0 Å². The zero-order valence-corrected chi connectivity index (χ0v) is 15.4. The molecule has 0 aliphatic rings. The first kappa shape index (κ1) is 17.2. The van der Waals surface area contributed by atoms with Crippen LogP contribution >= 0.6 is 28.1 Å². The molecule has 1 heterocycles. The highest BCUT2D eigenvalue weighted by Gasteiger charge is 2.09. The van der Waals surface area contributed by atoms with Gasteiger partial charge in [-0.25, -0.2) is 5.43 Å². The van der Waals surface area contributed by atoms with Crippen LogP contribution in [0.25, 0.3) is 11.0 Å². The van der Waals surface area contributed by atoms with Crippen LogP contribution < -0.4 is 10.2 Å². The van der Waals surface area contributed by atoms with Gasteiger partial charge in [-0.3, -0.25) is 4.79 Å². The highest BCUT2D eigenvalue weighted by molar-refractivity contribution is 9.10. The molecule has 0 saturated carbocycles. The first-order valence-corrected chi connectivity index (χ1v) is 8.30. The summed E-state index contributed by atoms with van der Waals surface area (Å²) >= 11 is 8.33. The van der Waals surface area contributed by atoms with Gasteiger partial charge in [0.1, 0.15) is 0 Å². The molecule has 128 valence electrons. The Labute approximate surface area is 155 Å². The minimum absolute atomic E-state index is 0.0648. The molecule has 0 spiro atoms. The molecule has 0 bridgehead atoms. The minimum atomic E-state index is -0.389. The summed E-state index contributed by atoms with van der Waals surface area (Å²) in [4.78, 5) is 18.1. The van der Waals surface area contributed by atoms with Crippen LogP contribution in [0.3, 0.4) is 0 Å². The topological polar surface area (TPSA) is 102 Å². The fourth-order valence-electron chi connectivity index (χ4n) is 2.25. The number of hydrogen-bond donors (Lipinski definition) is 4. The molecule has 1 aromatic heterocycles. The molecule has 0 aliphatic heterocycles. The lowest BCUT2D eigenvalue weighted by molar-refractivity contribution is 0.0955. The summed E-state index contributed by atoms with van der Waals surface area (Å²) in [5.41, 5.74) is 4.79. The molecule has 0 atom stereocenters. The van der Waals surface area contributed by atoms with E-state index in [-0.39, 0.29) is 11.7 Å². The van der Waals surface area contributed by atoms with Gasteiger partial charge in [0.25, 0.3) is 5.91 Å². The molecule has 0 unspecified atom stereocenters. The second-order valence-corrected chi connectivity index (χ2v) is 6.41. The van der Waals surface area contributed by atoms with Crippen molar-refractivity contribution in [2.75, 3.05) is 7.11 Å². The number of amides is 1. The summed E-state index contributed by atoms with van der Waals surface area (Å²) in [5.74, 6) is -0.152. The number of aromatic nitrogens is 2. The van der Waals surface area contributed by atoms with Crippen LogP contribution in [0.4, 0.5) is 0 Å². The summed E-state index contributed by atoms with van der Waals surface area (Å²) in [7, 11) is 1.45. The van der Waals surface area contributed by atoms with E-state index in [2.05, 4.69) is 36.4 Å². The Morgan fingerprint density at radius 2 is 2.08 bits per heavy atom. The molecule has 0 radical (unpaired) electrons. The van der Waals surface area contributed by atoms with Crippen molar-refractivity contribution in [3.05, 3.63) is 50.7 Å². The van der Waals surface area contributed by atoms with E-state index in [1.807, 2.05) is 0 Å². The summed E-state index contributed by atoms with van der Waals surface area (Å²) < 4.78 is 6.26. The van der Waals surface area contributed by atoms with E-state index in [0.717, 1.165) is 11.0 Å². The predicted molar refractivity (Wildman–Crippen MR) is 101 cm³/mol. The fourth-order valence-corrected chi connectivity index (χ4v) is 2.92. The second-order valence-electron chi connectivity index (χ2n) is 5.08. The first-order valence-electron chi connectivity index (χ1n) is 7.10. The zero-order valence-electron chi connectivity index (χ0n) is 13.0.